The number of nitrogens with one attached hydrogen (secondary N) is 1. The molecule has 146 valence electrons. The Morgan fingerprint density at radius 3 is 2.78 bits per heavy atom. The molecule has 0 bridgehead atoms. The maximum absolute atomic E-state index is 12.3. The minimum absolute atomic E-state index is 0.0558. The van der Waals surface area contributed by atoms with Crippen LogP contribution in [0.25, 0.3) is 6.08 Å². The SMILES string of the molecule is CCCCOc1ccc(C=C(C#N)C(=O)NC2CCS(=O)(=O)C2)cc1OC. The van der Waals surface area contributed by atoms with Gasteiger partial charge in [-0.15, -0.1) is 0 Å². The highest BCUT2D eigenvalue weighted by atomic mass is 32.2. The second kappa shape index (κ2) is 9.42. The van der Waals surface area contributed by atoms with Crippen LogP contribution in [0.5, 0.6) is 11.5 Å². The van der Waals surface area contributed by atoms with Gasteiger partial charge < -0.3 is 14.8 Å². The first kappa shape index (κ1) is 20.8. The number of hydrogen-bond donors (Lipinski definition) is 1. The quantitative estimate of drug-likeness (QED) is 0.412. The largest absolute Gasteiger partial charge is 0.493 e. The average molecular weight is 392 g/mol. The topological polar surface area (TPSA) is 105 Å². The minimum atomic E-state index is -3.10. The molecule has 1 aromatic rings. The molecule has 7 nitrogen and oxygen atoms in total. The van der Waals surface area contributed by atoms with E-state index in [1.54, 1.807) is 18.2 Å². The van der Waals surface area contributed by atoms with Crippen LogP contribution < -0.4 is 14.8 Å². The van der Waals surface area contributed by atoms with Gasteiger partial charge in [0.05, 0.1) is 25.2 Å². The first-order chi connectivity index (χ1) is 12.9. The zero-order valence-electron chi connectivity index (χ0n) is 15.5. The molecule has 1 saturated heterocycles. The third-order valence-electron chi connectivity index (χ3n) is 4.19. The van der Waals surface area contributed by atoms with Gasteiger partial charge in [-0.05, 0) is 36.6 Å². The van der Waals surface area contributed by atoms with E-state index >= 15 is 0 Å². The van der Waals surface area contributed by atoms with E-state index in [4.69, 9.17) is 9.47 Å². The summed E-state index contributed by atoms with van der Waals surface area (Å²) in [4.78, 5) is 12.3. The number of rotatable bonds is 8. The molecule has 1 unspecified atom stereocenters. The minimum Gasteiger partial charge on any atom is -0.493 e. The molecule has 1 atom stereocenters. The molecule has 8 heteroatoms. The fourth-order valence-corrected chi connectivity index (χ4v) is 4.38. The summed E-state index contributed by atoms with van der Waals surface area (Å²) >= 11 is 0. The molecule has 1 aliphatic rings. The Balaban J connectivity index is 2.12. The molecule has 1 amide bonds. The average Bonchev–Trinajstić information content (AvgIpc) is 2.98. The molecular formula is C19H24N2O5S. The number of carbonyl (C=O) groups is 1. The zero-order chi connectivity index (χ0) is 19.9. The van der Waals surface area contributed by atoms with E-state index in [0.29, 0.717) is 30.1 Å². The van der Waals surface area contributed by atoms with Crippen molar-refractivity contribution in [3.63, 3.8) is 0 Å². The number of nitriles is 1. The smallest absolute Gasteiger partial charge is 0.262 e. The van der Waals surface area contributed by atoms with Crippen molar-refractivity contribution in [3.8, 4) is 17.6 Å². The number of ether oxygens (including phenoxy) is 2. The lowest BCUT2D eigenvalue weighted by molar-refractivity contribution is -0.117. The second-order valence-corrected chi connectivity index (χ2v) is 8.58. The second-order valence-electron chi connectivity index (χ2n) is 6.36. The molecule has 1 fully saturated rings. The number of nitrogens with zero attached hydrogens (tertiary/aromatic N) is 1. The van der Waals surface area contributed by atoms with Gasteiger partial charge in [0.25, 0.3) is 5.91 Å². The summed E-state index contributed by atoms with van der Waals surface area (Å²) in [6.07, 6.45) is 3.76. The molecule has 0 aromatic heterocycles. The fourth-order valence-electron chi connectivity index (χ4n) is 2.71. The van der Waals surface area contributed by atoms with E-state index < -0.39 is 21.8 Å². The van der Waals surface area contributed by atoms with Crippen molar-refractivity contribution < 1.29 is 22.7 Å². The summed E-state index contributed by atoms with van der Waals surface area (Å²) in [6.45, 7) is 2.65. The summed E-state index contributed by atoms with van der Waals surface area (Å²) in [5.74, 6) is 0.499. The van der Waals surface area contributed by atoms with Crippen molar-refractivity contribution in [2.75, 3.05) is 25.2 Å². The molecule has 0 radical (unpaired) electrons. The summed E-state index contributed by atoms with van der Waals surface area (Å²) in [7, 11) is -1.58. The summed E-state index contributed by atoms with van der Waals surface area (Å²) in [5.41, 5.74) is 0.515. The highest BCUT2D eigenvalue weighted by molar-refractivity contribution is 7.91. The molecule has 1 N–H and O–H groups in total. The molecular weight excluding hydrogens is 368 g/mol. The van der Waals surface area contributed by atoms with Gasteiger partial charge in [0, 0.05) is 6.04 Å². The van der Waals surface area contributed by atoms with E-state index in [-0.39, 0.29) is 17.1 Å². The van der Waals surface area contributed by atoms with E-state index in [1.807, 2.05) is 6.07 Å². The lowest BCUT2D eigenvalue weighted by atomic mass is 10.1. The number of hydrogen-bond acceptors (Lipinski definition) is 6. The molecule has 2 rings (SSSR count). The Labute approximate surface area is 159 Å². The maximum atomic E-state index is 12.3. The van der Waals surface area contributed by atoms with Crippen molar-refractivity contribution in [1.82, 2.24) is 5.32 Å². The van der Waals surface area contributed by atoms with Crippen LogP contribution in [0.15, 0.2) is 23.8 Å². The van der Waals surface area contributed by atoms with Gasteiger partial charge in [-0.3, -0.25) is 4.79 Å². The monoisotopic (exact) mass is 392 g/mol. The molecule has 0 aliphatic carbocycles. The van der Waals surface area contributed by atoms with Crippen LogP contribution in [-0.4, -0.2) is 45.6 Å². The van der Waals surface area contributed by atoms with E-state index in [2.05, 4.69) is 12.2 Å². The molecule has 0 spiro atoms. The Bertz CT molecular complexity index is 855. The standard InChI is InChI=1S/C19H24N2O5S/c1-3-4-8-26-17-6-5-14(11-18(17)25-2)10-15(12-20)19(22)21-16-7-9-27(23,24)13-16/h5-6,10-11,16H,3-4,7-9,13H2,1-2H3,(H,21,22). The summed E-state index contributed by atoms with van der Waals surface area (Å²) in [6, 6.07) is 6.56. The number of carbonyl (C=O) groups excluding carboxylic acids is 1. The Kier molecular flexibility index (Phi) is 7.25. The van der Waals surface area contributed by atoms with Crippen LogP contribution in [0.4, 0.5) is 0 Å². The van der Waals surface area contributed by atoms with Crippen LogP contribution >= 0.6 is 0 Å². The molecule has 1 aliphatic heterocycles. The van der Waals surface area contributed by atoms with Crippen LogP contribution in [0.3, 0.4) is 0 Å². The third kappa shape index (κ3) is 6.00. The van der Waals surface area contributed by atoms with Crippen LogP contribution in [0, 0.1) is 11.3 Å². The fraction of sp³-hybridized carbons (Fsp3) is 0.474. The van der Waals surface area contributed by atoms with Crippen molar-refractivity contribution in [1.29, 1.82) is 5.26 Å². The number of benzene rings is 1. The predicted octanol–water partition coefficient (Wildman–Crippen LogP) is 2.08. The predicted molar refractivity (Wildman–Crippen MR) is 102 cm³/mol. The van der Waals surface area contributed by atoms with Crippen molar-refractivity contribution in [2.24, 2.45) is 0 Å². The van der Waals surface area contributed by atoms with Gasteiger partial charge in [-0.1, -0.05) is 19.4 Å². The normalized spacial score (nSPS) is 18.6. The summed E-state index contributed by atoms with van der Waals surface area (Å²) in [5, 5.41) is 11.9. The maximum Gasteiger partial charge on any atom is 0.262 e. The van der Waals surface area contributed by atoms with Crippen LogP contribution in [-0.2, 0) is 14.6 Å². The van der Waals surface area contributed by atoms with Gasteiger partial charge >= 0.3 is 0 Å². The first-order valence-corrected chi connectivity index (χ1v) is 10.6. The van der Waals surface area contributed by atoms with Gasteiger partial charge in [-0.25, -0.2) is 8.42 Å². The van der Waals surface area contributed by atoms with Gasteiger partial charge in [-0.2, -0.15) is 5.26 Å². The Morgan fingerprint density at radius 2 is 2.19 bits per heavy atom. The summed E-state index contributed by atoms with van der Waals surface area (Å²) < 4.78 is 34.0. The van der Waals surface area contributed by atoms with Gasteiger partial charge in [0.1, 0.15) is 11.6 Å². The lowest BCUT2D eigenvalue weighted by Crippen LogP contribution is -2.36. The van der Waals surface area contributed by atoms with E-state index in [0.717, 1.165) is 12.8 Å². The van der Waals surface area contributed by atoms with Crippen LogP contribution in [0.1, 0.15) is 31.7 Å². The van der Waals surface area contributed by atoms with Crippen molar-refractivity contribution in [2.45, 2.75) is 32.2 Å². The zero-order valence-corrected chi connectivity index (χ0v) is 16.3. The number of amides is 1. The molecule has 27 heavy (non-hydrogen) atoms. The number of methoxy groups -OCH3 is 1. The van der Waals surface area contributed by atoms with Crippen molar-refractivity contribution >= 4 is 21.8 Å². The Morgan fingerprint density at radius 1 is 1.41 bits per heavy atom. The molecule has 1 aromatic carbocycles. The van der Waals surface area contributed by atoms with Gasteiger partial charge in [0.15, 0.2) is 21.3 Å². The Hall–Kier alpha value is -2.53. The van der Waals surface area contributed by atoms with Gasteiger partial charge in [0.2, 0.25) is 0 Å². The van der Waals surface area contributed by atoms with Crippen molar-refractivity contribution in [3.05, 3.63) is 29.3 Å². The highest BCUT2D eigenvalue weighted by Crippen LogP contribution is 2.29. The highest BCUT2D eigenvalue weighted by Gasteiger charge is 2.29. The van der Waals surface area contributed by atoms with Crippen LogP contribution in [0.2, 0.25) is 0 Å². The van der Waals surface area contributed by atoms with E-state index in [9.17, 15) is 18.5 Å². The molecule has 0 saturated carbocycles. The number of unbranched alkanes of at least 4 members (excludes halogenated alkanes) is 1. The number of sulfone groups is 1. The lowest BCUT2D eigenvalue weighted by Gasteiger charge is -2.12. The van der Waals surface area contributed by atoms with E-state index in [1.165, 1.54) is 13.2 Å². The first-order valence-electron chi connectivity index (χ1n) is 8.82. The molecule has 1 heterocycles. The third-order valence-corrected chi connectivity index (χ3v) is 5.95.